The van der Waals surface area contributed by atoms with E-state index < -0.39 is 12.1 Å². The maximum Gasteiger partial charge on any atom is 0.256 e. The Hall–Kier alpha value is -2.01. The highest BCUT2D eigenvalue weighted by atomic mass is 19.1. The number of halogens is 1. The van der Waals surface area contributed by atoms with Crippen LogP contribution < -0.4 is 10.9 Å². The first-order chi connectivity index (χ1) is 8.18. The van der Waals surface area contributed by atoms with Crippen molar-refractivity contribution >= 4 is 16.6 Å². The van der Waals surface area contributed by atoms with Crippen molar-refractivity contribution < 1.29 is 9.18 Å². The van der Waals surface area contributed by atoms with Crippen molar-refractivity contribution in [2.24, 2.45) is 0 Å². The number of hydrogen-bond acceptors (Lipinski definition) is 3. The number of carbonyl (C=O) groups excluding carboxylic acids is 1. The Morgan fingerprint density at radius 3 is 2.65 bits per heavy atom. The van der Waals surface area contributed by atoms with E-state index in [2.05, 4.69) is 10.3 Å². The van der Waals surface area contributed by atoms with Crippen LogP contribution in [-0.4, -0.2) is 17.1 Å². The second kappa shape index (κ2) is 3.49. The van der Waals surface area contributed by atoms with Crippen LogP contribution in [0.4, 0.5) is 4.39 Å². The molecule has 0 fully saturated rings. The Kier molecular flexibility index (Phi) is 2.09. The van der Waals surface area contributed by atoms with E-state index in [1.54, 1.807) is 24.3 Å². The van der Waals surface area contributed by atoms with E-state index >= 15 is 0 Å². The number of fused-ring (bicyclic) bond motifs is 3. The lowest BCUT2D eigenvalue weighted by Gasteiger charge is -2.20. The van der Waals surface area contributed by atoms with Crippen molar-refractivity contribution in [3.05, 3.63) is 45.9 Å². The zero-order valence-electron chi connectivity index (χ0n) is 8.79. The number of aromatic nitrogens is 1. The number of aromatic amines is 1. The number of alkyl halides is 1. The quantitative estimate of drug-likeness (QED) is 0.669. The molecule has 0 saturated carbocycles. The highest BCUT2D eigenvalue weighted by Gasteiger charge is 2.29. The van der Waals surface area contributed by atoms with Gasteiger partial charge in [0.2, 0.25) is 12.1 Å². The van der Waals surface area contributed by atoms with Gasteiger partial charge in [-0.2, -0.15) is 0 Å². The molecule has 3 rings (SSSR count). The van der Waals surface area contributed by atoms with E-state index in [-0.39, 0.29) is 17.7 Å². The first kappa shape index (κ1) is 10.2. The monoisotopic (exact) mass is 232 g/mol. The lowest BCUT2D eigenvalue weighted by atomic mass is 9.97. The van der Waals surface area contributed by atoms with Crippen LogP contribution >= 0.6 is 0 Å². The van der Waals surface area contributed by atoms with Crippen molar-refractivity contribution in [2.75, 3.05) is 0 Å². The average molecular weight is 232 g/mol. The molecule has 2 N–H and O–H groups in total. The predicted molar refractivity (Wildman–Crippen MR) is 60.6 cm³/mol. The molecule has 2 aromatic rings. The van der Waals surface area contributed by atoms with E-state index in [0.29, 0.717) is 16.5 Å². The van der Waals surface area contributed by atoms with Crippen molar-refractivity contribution in [3.8, 4) is 0 Å². The fourth-order valence-corrected chi connectivity index (χ4v) is 2.15. The Morgan fingerprint density at radius 2 is 1.88 bits per heavy atom. The van der Waals surface area contributed by atoms with Gasteiger partial charge in [-0.15, -0.1) is 0 Å². The minimum Gasteiger partial charge on any atom is -0.324 e. The fourth-order valence-electron chi connectivity index (χ4n) is 2.15. The smallest absolute Gasteiger partial charge is 0.256 e. The Balaban J connectivity index is 2.45. The van der Waals surface area contributed by atoms with E-state index in [9.17, 15) is 14.0 Å². The van der Waals surface area contributed by atoms with Crippen molar-refractivity contribution in [2.45, 2.75) is 12.8 Å². The summed E-state index contributed by atoms with van der Waals surface area (Å²) in [4.78, 5) is 26.1. The van der Waals surface area contributed by atoms with Gasteiger partial charge in [-0.05, 0) is 11.5 Å². The van der Waals surface area contributed by atoms with Crippen LogP contribution in [0.3, 0.4) is 0 Å². The van der Waals surface area contributed by atoms with Gasteiger partial charge >= 0.3 is 0 Å². The van der Waals surface area contributed by atoms with Crippen molar-refractivity contribution in [3.63, 3.8) is 0 Å². The maximum atomic E-state index is 13.3. The number of nitrogens with one attached hydrogen (secondary N) is 2. The molecule has 0 saturated heterocycles. The largest absolute Gasteiger partial charge is 0.324 e. The first-order valence-electron chi connectivity index (χ1n) is 5.24. The molecular formula is C12H9FN2O2. The molecule has 0 bridgehead atoms. The van der Waals surface area contributed by atoms with Gasteiger partial charge in [0.05, 0.1) is 5.56 Å². The Bertz CT molecular complexity index is 678. The van der Waals surface area contributed by atoms with Crippen LogP contribution in [0.25, 0.3) is 10.8 Å². The third-order valence-electron chi connectivity index (χ3n) is 2.94. The van der Waals surface area contributed by atoms with Gasteiger partial charge in [0.25, 0.3) is 5.56 Å². The summed E-state index contributed by atoms with van der Waals surface area (Å²) in [5, 5.41) is 3.32. The van der Waals surface area contributed by atoms with Crippen LogP contribution in [0.15, 0.2) is 29.1 Å². The number of Topliss-reactive ketones (excluding diaryl/α,β-unsaturated/α-hetero) is 1. The van der Waals surface area contributed by atoms with Crippen LogP contribution in [0, 0.1) is 0 Å². The Morgan fingerprint density at radius 1 is 1.18 bits per heavy atom. The molecule has 0 amide bonds. The van der Waals surface area contributed by atoms with Crippen molar-refractivity contribution in [1.29, 1.82) is 0 Å². The second-order valence-electron chi connectivity index (χ2n) is 3.96. The molecule has 1 aliphatic heterocycles. The molecule has 1 aromatic carbocycles. The summed E-state index contributed by atoms with van der Waals surface area (Å²) in [6.45, 7) is 0.155. The molecule has 5 heteroatoms. The zero-order valence-corrected chi connectivity index (χ0v) is 8.79. The third-order valence-corrected chi connectivity index (χ3v) is 2.94. The number of pyridine rings is 1. The number of benzene rings is 1. The SMILES string of the molecule is O=C1c2c([nH]c(=O)c3ccccc23)CNC1F. The Labute approximate surface area is 95.5 Å². The van der Waals surface area contributed by atoms with E-state index in [1.165, 1.54) is 0 Å². The van der Waals surface area contributed by atoms with Gasteiger partial charge in [0.15, 0.2) is 0 Å². The summed E-state index contributed by atoms with van der Waals surface area (Å²) in [5.41, 5.74) is 0.477. The lowest BCUT2D eigenvalue weighted by molar-refractivity contribution is 0.0822. The van der Waals surface area contributed by atoms with Crippen LogP contribution in [0.2, 0.25) is 0 Å². The summed E-state index contributed by atoms with van der Waals surface area (Å²) < 4.78 is 13.3. The first-order valence-corrected chi connectivity index (χ1v) is 5.24. The summed E-state index contributed by atoms with van der Waals surface area (Å²) >= 11 is 0. The minimum absolute atomic E-state index is 0.155. The molecule has 0 radical (unpaired) electrons. The molecule has 4 nitrogen and oxygen atoms in total. The molecule has 86 valence electrons. The van der Waals surface area contributed by atoms with Crippen LogP contribution in [0.1, 0.15) is 16.1 Å². The third kappa shape index (κ3) is 1.39. The molecule has 1 aliphatic rings. The molecule has 2 heterocycles. The summed E-state index contributed by atoms with van der Waals surface area (Å²) in [6.07, 6.45) is -1.70. The number of rotatable bonds is 0. The van der Waals surface area contributed by atoms with Gasteiger partial charge in [-0.3, -0.25) is 14.9 Å². The van der Waals surface area contributed by atoms with Crippen molar-refractivity contribution in [1.82, 2.24) is 10.3 Å². The second-order valence-corrected chi connectivity index (χ2v) is 3.96. The zero-order chi connectivity index (χ0) is 12.0. The molecule has 1 unspecified atom stereocenters. The van der Waals surface area contributed by atoms with Gasteiger partial charge < -0.3 is 4.98 Å². The predicted octanol–water partition coefficient (Wildman–Crippen LogP) is 1.11. The topological polar surface area (TPSA) is 62.0 Å². The van der Waals surface area contributed by atoms with Crippen LogP contribution in [0.5, 0.6) is 0 Å². The van der Waals surface area contributed by atoms with Gasteiger partial charge in [-0.25, -0.2) is 4.39 Å². The normalized spacial score (nSPS) is 19.4. The number of ketones is 1. The highest BCUT2D eigenvalue weighted by molar-refractivity contribution is 6.11. The standard InChI is InChI=1S/C12H9FN2O2/c13-11-10(16)9-6-3-1-2-4-7(6)12(17)15-8(9)5-14-11/h1-4,11,14H,5H2,(H,15,17). The molecular weight excluding hydrogens is 223 g/mol. The number of H-pyrrole nitrogens is 1. The van der Waals surface area contributed by atoms with Crippen LogP contribution in [-0.2, 0) is 6.54 Å². The van der Waals surface area contributed by atoms with E-state index in [1.807, 2.05) is 0 Å². The minimum atomic E-state index is -1.70. The molecule has 1 aromatic heterocycles. The van der Waals surface area contributed by atoms with E-state index in [4.69, 9.17) is 0 Å². The molecule has 0 aliphatic carbocycles. The molecule has 17 heavy (non-hydrogen) atoms. The number of hydrogen-bond donors (Lipinski definition) is 2. The lowest BCUT2D eigenvalue weighted by Crippen LogP contribution is -2.39. The number of carbonyl (C=O) groups is 1. The fraction of sp³-hybridized carbons (Fsp3) is 0.167. The van der Waals surface area contributed by atoms with Gasteiger partial charge in [0, 0.05) is 17.6 Å². The van der Waals surface area contributed by atoms with Gasteiger partial charge in [-0.1, -0.05) is 18.2 Å². The molecule has 0 spiro atoms. The van der Waals surface area contributed by atoms with E-state index in [0.717, 1.165) is 0 Å². The summed E-state index contributed by atoms with van der Waals surface area (Å²) in [5.74, 6) is -0.626. The summed E-state index contributed by atoms with van der Waals surface area (Å²) in [7, 11) is 0. The van der Waals surface area contributed by atoms with Gasteiger partial charge in [0.1, 0.15) is 0 Å². The average Bonchev–Trinajstić information content (AvgIpc) is 2.34. The highest BCUT2D eigenvalue weighted by Crippen LogP contribution is 2.22. The summed E-state index contributed by atoms with van der Waals surface area (Å²) in [6, 6.07) is 6.73. The maximum absolute atomic E-state index is 13.3. The molecule has 1 atom stereocenters.